The Morgan fingerprint density at radius 1 is 1.11 bits per heavy atom. The van der Waals surface area contributed by atoms with E-state index in [9.17, 15) is 4.79 Å². The predicted molar refractivity (Wildman–Crippen MR) is 112 cm³/mol. The maximum atomic E-state index is 13.1. The van der Waals surface area contributed by atoms with Crippen LogP contribution in [-0.4, -0.2) is 21.3 Å². The van der Waals surface area contributed by atoms with Crippen LogP contribution in [0.4, 0.5) is 0 Å². The third kappa shape index (κ3) is 4.87. The van der Waals surface area contributed by atoms with Crippen LogP contribution in [0.5, 0.6) is 0 Å². The lowest BCUT2D eigenvalue weighted by Gasteiger charge is -2.30. The monoisotopic (exact) mass is 398 g/mol. The van der Waals surface area contributed by atoms with Gasteiger partial charge in [0.25, 0.3) is 0 Å². The van der Waals surface area contributed by atoms with Crippen LogP contribution in [0, 0.1) is 12.3 Å². The maximum Gasteiger partial charge on any atom is 0.230 e. The first kappa shape index (κ1) is 20.3. The van der Waals surface area contributed by atoms with E-state index in [1.54, 1.807) is 6.26 Å². The topological polar surface area (TPSA) is 38.4 Å². The molecule has 0 aliphatic rings. The van der Waals surface area contributed by atoms with Gasteiger partial charge in [-0.2, -0.15) is 0 Å². The van der Waals surface area contributed by atoms with Crippen LogP contribution < -0.4 is 0 Å². The molecule has 0 aliphatic carbocycles. The molecular weight excluding hydrogens is 372 g/mol. The number of hydrogen-bond acceptors (Lipinski definition) is 2. The van der Waals surface area contributed by atoms with Gasteiger partial charge in [-0.15, -0.1) is 11.6 Å². The van der Waals surface area contributed by atoms with E-state index in [1.807, 2.05) is 36.9 Å². The average molecular weight is 399 g/mol. The molecule has 0 saturated heterocycles. The molecule has 0 N–H and O–H groups in total. The van der Waals surface area contributed by atoms with Gasteiger partial charge in [0.2, 0.25) is 5.91 Å². The van der Waals surface area contributed by atoms with Gasteiger partial charge in [0.15, 0.2) is 0 Å². The molecule has 148 valence electrons. The molecule has 0 saturated carbocycles. The number of aryl methyl sites for hydroxylation is 1. The molecule has 0 radical (unpaired) electrons. The summed E-state index contributed by atoms with van der Waals surface area (Å²) >= 11 is 6.07. The molecule has 0 atom stereocenters. The zero-order valence-corrected chi connectivity index (χ0v) is 17.4. The van der Waals surface area contributed by atoms with Crippen molar-refractivity contribution in [2.24, 2.45) is 5.41 Å². The van der Waals surface area contributed by atoms with Crippen molar-refractivity contribution >= 4 is 17.5 Å². The lowest BCUT2D eigenvalue weighted by Crippen LogP contribution is -2.41. The van der Waals surface area contributed by atoms with E-state index in [4.69, 9.17) is 16.0 Å². The summed E-state index contributed by atoms with van der Waals surface area (Å²) in [5, 5.41) is 0. The summed E-state index contributed by atoms with van der Waals surface area (Å²) in [6, 6.07) is 16.3. The van der Waals surface area contributed by atoms with E-state index in [0.717, 1.165) is 18.0 Å². The molecule has 1 aromatic carbocycles. The molecule has 3 aromatic rings. The van der Waals surface area contributed by atoms with E-state index in [1.165, 1.54) is 11.1 Å². The Balaban J connectivity index is 1.81. The number of carbonyl (C=O) groups is 1. The van der Waals surface area contributed by atoms with Gasteiger partial charge in [0.05, 0.1) is 24.8 Å². The van der Waals surface area contributed by atoms with E-state index >= 15 is 0 Å². The van der Waals surface area contributed by atoms with Crippen LogP contribution in [0.15, 0.2) is 65.4 Å². The summed E-state index contributed by atoms with van der Waals surface area (Å²) in [4.78, 5) is 15.0. The molecule has 5 heteroatoms. The minimum Gasteiger partial charge on any atom is -0.467 e. The summed E-state index contributed by atoms with van der Waals surface area (Å²) in [5.41, 5.74) is 2.91. The number of furan rings is 1. The third-order valence-corrected chi connectivity index (χ3v) is 5.55. The number of benzene rings is 1. The minimum absolute atomic E-state index is 0.0157. The van der Waals surface area contributed by atoms with Gasteiger partial charge in [0.1, 0.15) is 5.76 Å². The van der Waals surface area contributed by atoms with Crippen LogP contribution in [0.1, 0.15) is 36.4 Å². The number of alkyl halides is 1. The zero-order chi connectivity index (χ0) is 20.1. The Labute approximate surface area is 171 Å². The lowest BCUT2D eigenvalue weighted by molar-refractivity contribution is -0.141. The SMILES string of the molecule is Cc1ccc(Cn2cccc2CN(Cc2ccco2)C(=O)C(C)(C)CCl)cc1. The first-order valence-corrected chi connectivity index (χ1v) is 10.00. The van der Waals surface area contributed by atoms with Crippen molar-refractivity contribution in [3.05, 3.63) is 83.6 Å². The minimum atomic E-state index is -0.636. The Morgan fingerprint density at radius 3 is 2.50 bits per heavy atom. The number of halogens is 1. The first-order valence-electron chi connectivity index (χ1n) is 9.46. The highest BCUT2D eigenvalue weighted by molar-refractivity contribution is 6.19. The lowest BCUT2D eigenvalue weighted by atomic mass is 9.94. The highest BCUT2D eigenvalue weighted by atomic mass is 35.5. The summed E-state index contributed by atoms with van der Waals surface area (Å²) in [6.07, 6.45) is 3.68. The van der Waals surface area contributed by atoms with E-state index in [2.05, 4.69) is 48.0 Å². The van der Waals surface area contributed by atoms with Crippen LogP contribution in [-0.2, 0) is 24.4 Å². The van der Waals surface area contributed by atoms with Crippen molar-refractivity contribution in [1.82, 2.24) is 9.47 Å². The van der Waals surface area contributed by atoms with Crippen molar-refractivity contribution in [2.45, 2.75) is 40.4 Å². The standard InChI is InChI=1S/C23H27ClN2O2/c1-18-8-10-19(11-9-18)14-25-12-4-6-20(25)15-26(16-21-7-5-13-28-21)22(27)23(2,3)17-24/h4-13H,14-17H2,1-3H3. The molecule has 4 nitrogen and oxygen atoms in total. The number of nitrogens with zero attached hydrogens (tertiary/aromatic N) is 2. The Kier molecular flexibility index (Phi) is 6.30. The number of rotatable bonds is 8. The smallest absolute Gasteiger partial charge is 0.230 e. The Bertz CT molecular complexity index is 895. The quantitative estimate of drug-likeness (QED) is 0.487. The molecule has 0 aliphatic heterocycles. The Hall–Kier alpha value is -2.46. The average Bonchev–Trinajstić information content (AvgIpc) is 3.35. The molecule has 0 unspecified atom stereocenters. The summed E-state index contributed by atoms with van der Waals surface area (Å²) in [7, 11) is 0. The fraction of sp³-hybridized carbons (Fsp3) is 0.348. The summed E-state index contributed by atoms with van der Waals surface area (Å²) in [6.45, 7) is 7.53. The van der Waals surface area contributed by atoms with Crippen LogP contribution in [0.3, 0.4) is 0 Å². The summed E-state index contributed by atoms with van der Waals surface area (Å²) in [5.74, 6) is 1.04. The fourth-order valence-corrected chi connectivity index (χ4v) is 3.22. The number of aromatic nitrogens is 1. The highest BCUT2D eigenvalue weighted by Gasteiger charge is 2.32. The van der Waals surface area contributed by atoms with E-state index < -0.39 is 5.41 Å². The van der Waals surface area contributed by atoms with E-state index in [-0.39, 0.29) is 11.8 Å². The number of hydrogen-bond donors (Lipinski definition) is 0. The van der Waals surface area contributed by atoms with Crippen LogP contribution >= 0.6 is 11.6 Å². The fourth-order valence-electron chi connectivity index (χ4n) is 3.11. The van der Waals surface area contributed by atoms with Gasteiger partial charge in [-0.25, -0.2) is 0 Å². The predicted octanol–water partition coefficient (Wildman–Crippen LogP) is 5.23. The normalized spacial score (nSPS) is 11.6. The molecule has 2 aromatic heterocycles. The first-order chi connectivity index (χ1) is 13.4. The van der Waals surface area contributed by atoms with Gasteiger partial charge in [-0.1, -0.05) is 29.8 Å². The number of amides is 1. The molecule has 28 heavy (non-hydrogen) atoms. The van der Waals surface area contributed by atoms with Crippen molar-refractivity contribution in [3.8, 4) is 0 Å². The molecule has 0 fully saturated rings. The second kappa shape index (κ2) is 8.70. The van der Waals surface area contributed by atoms with Gasteiger partial charge >= 0.3 is 0 Å². The molecule has 0 spiro atoms. The van der Waals surface area contributed by atoms with Crippen LogP contribution in [0.2, 0.25) is 0 Å². The second-order valence-electron chi connectivity index (χ2n) is 7.87. The zero-order valence-electron chi connectivity index (χ0n) is 16.7. The van der Waals surface area contributed by atoms with Crippen molar-refractivity contribution in [3.63, 3.8) is 0 Å². The molecular formula is C23H27ClN2O2. The van der Waals surface area contributed by atoms with Gasteiger partial charge in [0, 0.05) is 24.3 Å². The van der Waals surface area contributed by atoms with Gasteiger partial charge in [-0.05, 0) is 50.6 Å². The van der Waals surface area contributed by atoms with Crippen molar-refractivity contribution in [1.29, 1.82) is 0 Å². The number of carbonyl (C=O) groups excluding carboxylic acids is 1. The third-order valence-electron chi connectivity index (χ3n) is 4.88. The highest BCUT2D eigenvalue weighted by Crippen LogP contribution is 2.24. The van der Waals surface area contributed by atoms with Crippen molar-refractivity contribution < 1.29 is 9.21 Å². The maximum absolute atomic E-state index is 13.1. The van der Waals surface area contributed by atoms with Gasteiger partial charge < -0.3 is 13.9 Å². The van der Waals surface area contributed by atoms with E-state index in [0.29, 0.717) is 13.1 Å². The Morgan fingerprint density at radius 2 is 1.86 bits per heavy atom. The molecule has 3 rings (SSSR count). The molecule has 0 bridgehead atoms. The van der Waals surface area contributed by atoms with Crippen molar-refractivity contribution in [2.75, 3.05) is 5.88 Å². The largest absolute Gasteiger partial charge is 0.467 e. The molecule has 2 heterocycles. The second-order valence-corrected chi connectivity index (χ2v) is 8.14. The molecule has 1 amide bonds. The van der Waals surface area contributed by atoms with Crippen LogP contribution in [0.25, 0.3) is 0 Å². The van der Waals surface area contributed by atoms with Gasteiger partial charge in [-0.3, -0.25) is 4.79 Å². The summed E-state index contributed by atoms with van der Waals surface area (Å²) < 4.78 is 7.66.